The Hall–Kier alpha value is -2.60. The summed E-state index contributed by atoms with van der Waals surface area (Å²) in [6.07, 6.45) is 0. The highest BCUT2D eigenvalue weighted by Crippen LogP contribution is 2.19. The van der Waals surface area contributed by atoms with Crippen molar-refractivity contribution in [1.82, 2.24) is 5.32 Å². The molecule has 0 bridgehead atoms. The second-order valence-corrected chi connectivity index (χ2v) is 6.25. The predicted molar refractivity (Wildman–Crippen MR) is 103 cm³/mol. The average Bonchev–Trinajstić information content (AvgIpc) is 2.60. The Labute approximate surface area is 153 Å². The highest BCUT2D eigenvalue weighted by atomic mass is 32.1. The van der Waals surface area contributed by atoms with Crippen LogP contribution in [0.3, 0.4) is 0 Å². The zero-order valence-electron chi connectivity index (χ0n) is 14.5. The number of methoxy groups -OCH3 is 1. The van der Waals surface area contributed by atoms with E-state index in [1.807, 2.05) is 30.3 Å². The largest absolute Gasteiger partial charge is 0.497 e. The molecule has 0 aliphatic carbocycles. The zero-order valence-corrected chi connectivity index (χ0v) is 15.4. The first kappa shape index (κ1) is 18.7. The Bertz CT molecular complexity index is 730. The van der Waals surface area contributed by atoms with E-state index >= 15 is 0 Å². The maximum absolute atomic E-state index is 12.5. The highest BCUT2D eigenvalue weighted by Gasteiger charge is 2.14. The third-order valence-corrected chi connectivity index (χ3v) is 3.48. The number of benzene rings is 2. The van der Waals surface area contributed by atoms with Gasteiger partial charge in [-0.1, -0.05) is 26.0 Å². The number of rotatable bonds is 6. The van der Waals surface area contributed by atoms with Crippen LogP contribution in [0.25, 0.3) is 0 Å². The van der Waals surface area contributed by atoms with E-state index in [4.69, 9.17) is 21.7 Å². The average molecular weight is 358 g/mol. The minimum absolute atomic E-state index is 0.217. The van der Waals surface area contributed by atoms with Gasteiger partial charge < -0.3 is 14.8 Å². The van der Waals surface area contributed by atoms with Gasteiger partial charge in [0.05, 0.1) is 19.3 Å². The van der Waals surface area contributed by atoms with Crippen LogP contribution >= 0.6 is 12.2 Å². The second kappa shape index (κ2) is 9.03. The third-order valence-electron chi connectivity index (χ3n) is 3.28. The monoisotopic (exact) mass is 358 g/mol. The molecule has 0 spiro atoms. The molecule has 0 saturated heterocycles. The van der Waals surface area contributed by atoms with Gasteiger partial charge >= 0.3 is 0 Å². The van der Waals surface area contributed by atoms with Crippen LogP contribution in [0, 0.1) is 5.92 Å². The molecule has 2 N–H and O–H groups in total. The summed E-state index contributed by atoms with van der Waals surface area (Å²) in [4.78, 5) is 12.5. The lowest BCUT2D eigenvalue weighted by Gasteiger charge is -2.14. The molecule has 0 aliphatic heterocycles. The lowest BCUT2D eigenvalue weighted by atomic mass is 10.2. The van der Waals surface area contributed by atoms with Gasteiger partial charge in [0.1, 0.15) is 11.5 Å². The molecule has 2 aromatic carbocycles. The maximum atomic E-state index is 12.5. The Balaban J connectivity index is 1.99. The van der Waals surface area contributed by atoms with Gasteiger partial charge in [-0.15, -0.1) is 0 Å². The number of anilines is 1. The van der Waals surface area contributed by atoms with Crippen molar-refractivity contribution < 1.29 is 14.3 Å². The van der Waals surface area contributed by atoms with Gasteiger partial charge in [-0.05, 0) is 54.5 Å². The Morgan fingerprint density at radius 2 is 1.80 bits per heavy atom. The molecule has 0 unspecified atom stereocenters. The van der Waals surface area contributed by atoms with Crippen LogP contribution < -0.4 is 20.1 Å². The summed E-state index contributed by atoms with van der Waals surface area (Å²) >= 11 is 5.21. The molecule has 0 aromatic heterocycles. The van der Waals surface area contributed by atoms with Crippen molar-refractivity contribution in [1.29, 1.82) is 0 Å². The molecule has 6 heteroatoms. The first-order valence-corrected chi connectivity index (χ1v) is 8.38. The number of ether oxygens (including phenoxy) is 2. The molecule has 0 fully saturated rings. The normalized spacial score (nSPS) is 10.2. The lowest BCUT2D eigenvalue weighted by molar-refractivity contribution is 0.0973. The summed E-state index contributed by atoms with van der Waals surface area (Å²) in [5.41, 5.74) is 1.21. The van der Waals surface area contributed by atoms with Gasteiger partial charge in [0.25, 0.3) is 5.91 Å². The predicted octanol–water partition coefficient (Wildman–Crippen LogP) is 3.86. The van der Waals surface area contributed by atoms with E-state index in [0.29, 0.717) is 23.8 Å². The molecule has 0 radical (unpaired) electrons. The molecule has 1 amide bonds. The Kier molecular flexibility index (Phi) is 6.77. The van der Waals surface area contributed by atoms with Crippen molar-refractivity contribution in [3.8, 4) is 11.5 Å². The summed E-state index contributed by atoms with van der Waals surface area (Å²) in [7, 11) is 1.60. The van der Waals surface area contributed by atoms with Crippen LogP contribution in [0.1, 0.15) is 24.2 Å². The van der Waals surface area contributed by atoms with Crippen LogP contribution in [-0.4, -0.2) is 24.7 Å². The van der Waals surface area contributed by atoms with Crippen LogP contribution in [0.4, 0.5) is 5.69 Å². The molecular formula is C19H22N2O3S. The van der Waals surface area contributed by atoms with Gasteiger partial charge in [0, 0.05) is 5.69 Å². The smallest absolute Gasteiger partial charge is 0.261 e. The molecule has 132 valence electrons. The number of carbonyl (C=O) groups excluding carboxylic acids is 1. The van der Waals surface area contributed by atoms with Gasteiger partial charge in [0.2, 0.25) is 0 Å². The summed E-state index contributed by atoms with van der Waals surface area (Å²) in [5.74, 6) is 1.34. The SMILES string of the molecule is COc1ccc(NC(=S)NC(=O)c2ccccc2OCC(C)C)cc1. The zero-order chi connectivity index (χ0) is 18.2. The number of hydrogen-bond donors (Lipinski definition) is 2. The van der Waals surface area contributed by atoms with Gasteiger partial charge in [-0.3, -0.25) is 10.1 Å². The van der Waals surface area contributed by atoms with Gasteiger partial charge in [0.15, 0.2) is 5.11 Å². The van der Waals surface area contributed by atoms with Crippen LogP contribution in [0.5, 0.6) is 11.5 Å². The van der Waals surface area contributed by atoms with Crippen molar-refractivity contribution in [2.75, 3.05) is 19.0 Å². The molecule has 0 saturated carbocycles. The van der Waals surface area contributed by atoms with E-state index in [-0.39, 0.29) is 11.0 Å². The molecule has 2 aromatic rings. The van der Waals surface area contributed by atoms with Crippen LogP contribution in [0.15, 0.2) is 48.5 Å². The molecule has 0 atom stereocenters. The third kappa shape index (κ3) is 5.76. The fourth-order valence-corrected chi connectivity index (χ4v) is 2.25. The Morgan fingerprint density at radius 1 is 1.12 bits per heavy atom. The molecule has 5 nitrogen and oxygen atoms in total. The molecular weight excluding hydrogens is 336 g/mol. The molecule has 0 heterocycles. The van der Waals surface area contributed by atoms with E-state index in [2.05, 4.69) is 24.5 Å². The molecule has 2 rings (SSSR count). The second-order valence-electron chi connectivity index (χ2n) is 5.84. The van der Waals surface area contributed by atoms with Crippen molar-refractivity contribution in [2.45, 2.75) is 13.8 Å². The van der Waals surface area contributed by atoms with E-state index in [1.54, 1.807) is 25.3 Å². The van der Waals surface area contributed by atoms with E-state index < -0.39 is 0 Å². The van der Waals surface area contributed by atoms with Crippen molar-refractivity contribution >= 4 is 28.9 Å². The van der Waals surface area contributed by atoms with Gasteiger partial charge in [-0.2, -0.15) is 0 Å². The lowest BCUT2D eigenvalue weighted by Crippen LogP contribution is -2.34. The minimum atomic E-state index is -0.314. The van der Waals surface area contributed by atoms with E-state index in [0.717, 1.165) is 11.4 Å². The molecule has 25 heavy (non-hydrogen) atoms. The fourth-order valence-electron chi connectivity index (χ4n) is 2.04. The number of para-hydroxylation sites is 1. The first-order valence-electron chi connectivity index (χ1n) is 7.98. The topological polar surface area (TPSA) is 59.6 Å². The summed E-state index contributed by atoms with van der Waals surface area (Å²) in [6.45, 7) is 4.64. The number of carbonyl (C=O) groups is 1. The van der Waals surface area contributed by atoms with Crippen LogP contribution in [-0.2, 0) is 0 Å². The molecule has 0 aliphatic rings. The number of amides is 1. The van der Waals surface area contributed by atoms with Crippen molar-refractivity contribution in [3.05, 3.63) is 54.1 Å². The standard InChI is InChI=1S/C19H22N2O3S/c1-13(2)12-24-17-7-5-4-6-16(17)18(22)21-19(25)20-14-8-10-15(23-3)11-9-14/h4-11,13H,12H2,1-3H3,(H2,20,21,22,25). The summed E-state index contributed by atoms with van der Waals surface area (Å²) in [5, 5.41) is 5.85. The fraction of sp³-hybridized carbons (Fsp3) is 0.263. The highest BCUT2D eigenvalue weighted by molar-refractivity contribution is 7.80. The van der Waals surface area contributed by atoms with Crippen molar-refractivity contribution in [2.24, 2.45) is 5.92 Å². The first-order chi connectivity index (χ1) is 12.0. The minimum Gasteiger partial charge on any atom is -0.497 e. The number of thiocarbonyl (C=S) groups is 1. The van der Waals surface area contributed by atoms with Gasteiger partial charge in [-0.25, -0.2) is 0 Å². The van der Waals surface area contributed by atoms with E-state index in [9.17, 15) is 4.79 Å². The Morgan fingerprint density at radius 3 is 2.44 bits per heavy atom. The summed E-state index contributed by atoms with van der Waals surface area (Å²) < 4.78 is 10.8. The quantitative estimate of drug-likeness (QED) is 0.768. The number of nitrogens with one attached hydrogen (secondary N) is 2. The maximum Gasteiger partial charge on any atom is 0.261 e. The van der Waals surface area contributed by atoms with E-state index in [1.165, 1.54) is 0 Å². The van der Waals surface area contributed by atoms with Crippen LogP contribution in [0.2, 0.25) is 0 Å². The summed E-state index contributed by atoms with van der Waals surface area (Å²) in [6, 6.07) is 14.4. The van der Waals surface area contributed by atoms with Crippen molar-refractivity contribution in [3.63, 3.8) is 0 Å². The number of hydrogen-bond acceptors (Lipinski definition) is 4.